The number of halogens is 1. The van der Waals surface area contributed by atoms with Gasteiger partial charge in [0.05, 0.1) is 0 Å². The minimum Gasteiger partial charge on any atom is -0.384 e. The fraction of sp³-hybridized carbons (Fsp3) is 0.462. The molecule has 2 unspecified atom stereocenters. The van der Waals surface area contributed by atoms with Crippen LogP contribution in [0.25, 0.3) is 0 Å². The van der Waals surface area contributed by atoms with Crippen molar-refractivity contribution >= 4 is 27.5 Å². The Morgan fingerprint density at radius 2 is 1.94 bits per heavy atom. The number of hydrogen-bond acceptors (Lipinski definition) is 2. The molecule has 2 atom stereocenters. The van der Waals surface area contributed by atoms with Gasteiger partial charge in [0.1, 0.15) is 5.84 Å². The first-order valence-electron chi connectivity index (χ1n) is 5.88. The van der Waals surface area contributed by atoms with Gasteiger partial charge >= 0.3 is 0 Å². The van der Waals surface area contributed by atoms with E-state index >= 15 is 0 Å². The molecule has 0 saturated carbocycles. The van der Waals surface area contributed by atoms with Crippen molar-refractivity contribution < 1.29 is 0 Å². The highest BCUT2D eigenvalue weighted by molar-refractivity contribution is 9.10. The van der Waals surface area contributed by atoms with Gasteiger partial charge in [-0.2, -0.15) is 0 Å². The third kappa shape index (κ3) is 2.46. The summed E-state index contributed by atoms with van der Waals surface area (Å²) in [7, 11) is 0. The Balaban J connectivity index is 2.36. The van der Waals surface area contributed by atoms with E-state index in [1.807, 2.05) is 18.2 Å². The highest BCUT2D eigenvalue weighted by Gasteiger charge is 2.27. The molecule has 1 fully saturated rings. The van der Waals surface area contributed by atoms with Crippen molar-refractivity contribution in [1.82, 2.24) is 0 Å². The Kier molecular flexibility index (Phi) is 3.43. The maximum absolute atomic E-state index is 7.67. The second-order valence-electron chi connectivity index (χ2n) is 4.93. The van der Waals surface area contributed by atoms with Crippen molar-refractivity contribution in [2.24, 2.45) is 17.6 Å². The van der Waals surface area contributed by atoms with E-state index in [4.69, 9.17) is 11.1 Å². The average molecular weight is 296 g/mol. The van der Waals surface area contributed by atoms with Crippen molar-refractivity contribution in [3.63, 3.8) is 0 Å². The van der Waals surface area contributed by atoms with Crippen LogP contribution in [0.4, 0.5) is 5.69 Å². The first-order valence-corrected chi connectivity index (χ1v) is 6.67. The zero-order valence-corrected chi connectivity index (χ0v) is 11.8. The molecule has 3 N–H and O–H groups in total. The number of amidine groups is 1. The number of nitrogens with zero attached hydrogens (tertiary/aromatic N) is 1. The molecule has 0 radical (unpaired) electrons. The minimum atomic E-state index is 0.133. The molecule has 0 bridgehead atoms. The number of rotatable bonds is 2. The van der Waals surface area contributed by atoms with Crippen molar-refractivity contribution in [3.8, 4) is 0 Å². The van der Waals surface area contributed by atoms with Crippen LogP contribution in [-0.2, 0) is 0 Å². The van der Waals surface area contributed by atoms with E-state index < -0.39 is 0 Å². The molecule has 1 heterocycles. The van der Waals surface area contributed by atoms with Crippen LogP contribution < -0.4 is 10.6 Å². The number of anilines is 1. The summed E-state index contributed by atoms with van der Waals surface area (Å²) in [6, 6.07) is 5.98. The number of benzene rings is 1. The molecule has 92 valence electrons. The smallest absolute Gasteiger partial charge is 0.124 e. The third-order valence-electron chi connectivity index (χ3n) is 3.58. The minimum absolute atomic E-state index is 0.133. The lowest BCUT2D eigenvalue weighted by molar-refractivity contribution is 0.494. The van der Waals surface area contributed by atoms with E-state index in [-0.39, 0.29) is 5.84 Å². The molecule has 17 heavy (non-hydrogen) atoms. The van der Waals surface area contributed by atoms with Crippen LogP contribution in [0.15, 0.2) is 22.7 Å². The van der Waals surface area contributed by atoms with Crippen LogP contribution in [-0.4, -0.2) is 18.9 Å². The summed E-state index contributed by atoms with van der Waals surface area (Å²) in [5, 5.41) is 7.67. The molecule has 0 aromatic heterocycles. The van der Waals surface area contributed by atoms with E-state index in [2.05, 4.69) is 34.7 Å². The van der Waals surface area contributed by atoms with Gasteiger partial charge in [0.2, 0.25) is 0 Å². The molecule has 1 aromatic rings. The van der Waals surface area contributed by atoms with Crippen LogP contribution in [0.2, 0.25) is 0 Å². The molecule has 1 aromatic carbocycles. The molecule has 4 heteroatoms. The summed E-state index contributed by atoms with van der Waals surface area (Å²) in [5.74, 6) is 1.52. The standard InChI is InChI=1S/C13H18BrN3/c1-8-6-17(7-9(8)2)12-4-3-10(14)5-11(12)13(15)16/h3-5,8-9H,6-7H2,1-2H3,(H3,15,16). The quantitative estimate of drug-likeness (QED) is 0.651. The zero-order valence-electron chi connectivity index (χ0n) is 10.2. The number of nitrogen functional groups attached to an aromatic ring is 1. The van der Waals surface area contributed by atoms with Gasteiger partial charge in [0.15, 0.2) is 0 Å². The Bertz CT molecular complexity index is 434. The highest BCUT2D eigenvalue weighted by atomic mass is 79.9. The summed E-state index contributed by atoms with van der Waals surface area (Å²) in [6.07, 6.45) is 0. The van der Waals surface area contributed by atoms with E-state index in [0.29, 0.717) is 11.8 Å². The fourth-order valence-electron chi connectivity index (χ4n) is 2.33. The van der Waals surface area contributed by atoms with E-state index in [0.717, 1.165) is 28.8 Å². The molecule has 3 nitrogen and oxygen atoms in total. The van der Waals surface area contributed by atoms with Gasteiger partial charge < -0.3 is 10.6 Å². The van der Waals surface area contributed by atoms with Crippen LogP contribution >= 0.6 is 15.9 Å². The van der Waals surface area contributed by atoms with Crippen molar-refractivity contribution in [3.05, 3.63) is 28.2 Å². The molecule has 0 amide bonds. The average Bonchev–Trinajstić information content (AvgIpc) is 2.59. The third-order valence-corrected chi connectivity index (χ3v) is 4.07. The van der Waals surface area contributed by atoms with E-state index in [9.17, 15) is 0 Å². The first-order chi connectivity index (χ1) is 7.99. The maximum Gasteiger partial charge on any atom is 0.124 e. The summed E-state index contributed by atoms with van der Waals surface area (Å²) in [5.41, 5.74) is 7.56. The topological polar surface area (TPSA) is 53.1 Å². The molecule has 0 aliphatic carbocycles. The lowest BCUT2D eigenvalue weighted by atomic mass is 10.0. The first kappa shape index (κ1) is 12.4. The molecule has 1 aliphatic heterocycles. The van der Waals surface area contributed by atoms with Gasteiger partial charge in [-0.25, -0.2) is 0 Å². The van der Waals surface area contributed by atoms with E-state index in [1.54, 1.807) is 0 Å². The Labute approximate surface area is 111 Å². The Hall–Kier alpha value is -1.03. The summed E-state index contributed by atoms with van der Waals surface area (Å²) >= 11 is 3.43. The van der Waals surface area contributed by atoms with Crippen molar-refractivity contribution in [2.75, 3.05) is 18.0 Å². The lowest BCUT2D eigenvalue weighted by Crippen LogP contribution is -2.24. The highest BCUT2D eigenvalue weighted by Crippen LogP contribution is 2.31. The normalized spacial score (nSPS) is 24.1. The molecular weight excluding hydrogens is 278 g/mol. The lowest BCUT2D eigenvalue weighted by Gasteiger charge is -2.21. The maximum atomic E-state index is 7.67. The summed E-state index contributed by atoms with van der Waals surface area (Å²) < 4.78 is 0.965. The zero-order chi connectivity index (χ0) is 12.6. The van der Waals surface area contributed by atoms with Crippen molar-refractivity contribution in [2.45, 2.75) is 13.8 Å². The van der Waals surface area contributed by atoms with Crippen molar-refractivity contribution in [1.29, 1.82) is 5.41 Å². The van der Waals surface area contributed by atoms with Crippen LogP contribution in [0, 0.1) is 17.2 Å². The molecule has 2 rings (SSSR count). The van der Waals surface area contributed by atoms with Gasteiger partial charge in [0.25, 0.3) is 0 Å². The predicted molar refractivity (Wildman–Crippen MR) is 75.7 cm³/mol. The van der Waals surface area contributed by atoms with Crippen LogP contribution in [0.3, 0.4) is 0 Å². The summed E-state index contributed by atoms with van der Waals surface area (Å²) in [4.78, 5) is 2.33. The number of hydrogen-bond donors (Lipinski definition) is 2. The van der Waals surface area contributed by atoms with Gasteiger partial charge in [-0.15, -0.1) is 0 Å². The second kappa shape index (κ2) is 4.69. The fourth-order valence-corrected chi connectivity index (χ4v) is 2.69. The van der Waals surface area contributed by atoms with Gasteiger partial charge in [0, 0.05) is 28.8 Å². The summed E-state index contributed by atoms with van der Waals surface area (Å²) in [6.45, 7) is 6.64. The predicted octanol–water partition coefficient (Wildman–Crippen LogP) is 2.83. The van der Waals surface area contributed by atoms with Gasteiger partial charge in [-0.1, -0.05) is 29.8 Å². The molecule has 0 spiro atoms. The molecule has 1 saturated heterocycles. The second-order valence-corrected chi connectivity index (χ2v) is 5.85. The Morgan fingerprint density at radius 3 is 2.47 bits per heavy atom. The monoisotopic (exact) mass is 295 g/mol. The van der Waals surface area contributed by atoms with E-state index in [1.165, 1.54) is 0 Å². The van der Waals surface area contributed by atoms with Gasteiger partial charge in [-0.05, 0) is 30.0 Å². The number of nitrogens with one attached hydrogen (secondary N) is 1. The largest absolute Gasteiger partial charge is 0.384 e. The number of nitrogens with two attached hydrogens (primary N) is 1. The van der Waals surface area contributed by atoms with Crippen LogP contribution in [0.1, 0.15) is 19.4 Å². The van der Waals surface area contributed by atoms with Crippen LogP contribution in [0.5, 0.6) is 0 Å². The SMILES string of the molecule is CC1CN(c2ccc(Br)cc2C(=N)N)CC1C. The molecular formula is C13H18BrN3. The van der Waals surface area contributed by atoms with Gasteiger partial charge in [-0.3, -0.25) is 5.41 Å². The Morgan fingerprint density at radius 1 is 1.35 bits per heavy atom. The molecule has 1 aliphatic rings.